The van der Waals surface area contributed by atoms with Crippen LogP contribution in [0.15, 0.2) is 30.3 Å². The van der Waals surface area contributed by atoms with E-state index in [2.05, 4.69) is 39.2 Å². The maximum Gasteiger partial charge on any atom is 0.412 e. The zero-order valence-electron chi connectivity index (χ0n) is 18.8. The highest BCUT2D eigenvalue weighted by atomic mass is 28.3. The van der Waals surface area contributed by atoms with Crippen molar-refractivity contribution in [3.8, 4) is 0 Å². The van der Waals surface area contributed by atoms with Gasteiger partial charge in [-0.1, -0.05) is 39.0 Å². The van der Waals surface area contributed by atoms with Gasteiger partial charge < -0.3 is 14.5 Å². The molecule has 0 spiro atoms. The Balaban J connectivity index is 2.35. The number of rotatable bonds is 5. The van der Waals surface area contributed by atoms with Crippen LogP contribution in [-0.4, -0.2) is 44.4 Å². The van der Waals surface area contributed by atoms with Crippen molar-refractivity contribution < 1.29 is 14.0 Å². The van der Waals surface area contributed by atoms with E-state index in [9.17, 15) is 4.79 Å². The molecule has 1 aromatic rings. The summed E-state index contributed by atoms with van der Waals surface area (Å²) in [6.45, 7) is 17.9. The lowest BCUT2D eigenvalue weighted by Gasteiger charge is -2.40. The molecule has 1 amide bonds. The van der Waals surface area contributed by atoms with Crippen LogP contribution in [0.2, 0.25) is 13.1 Å². The van der Waals surface area contributed by atoms with Crippen LogP contribution in [0.1, 0.15) is 48.0 Å². The molecule has 1 saturated heterocycles. The van der Waals surface area contributed by atoms with Gasteiger partial charge in [-0.3, -0.25) is 4.90 Å². The highest BCUT2D eigenvalue weighted by Gasteiger charge is 2.53. The normalized spacial score (nSPS) is 23.2. The second kappa shape index (κ2) is 8.45. The number of carbonyl (C=O) groups is 1. The van der Waals surface area contributed by atoms with Gasteiger partial charge in [-0.25, -0.2) is 4.79 Å². The summed E-state index contributed by atoms with van der Waals surface area (Å²) >= 11 is 0. The first kappa shape index (κ1) is 22.8. The first-order valence-corrected chi connectivity index (χ1v) is 13.1. The van der Waals surface area contributed by atoms with Gasteiger partial charge in [0.05, 0.1) is 6.54 Å². The van der Waals surface area contributed by atoms with Crippen LogP contribution in [0.3, 0.4) is 0 Å². The Morgan fingerprint density at radius 2 is 1.79 bits per heavy atom. The Hall–Kier alpha value is -1.53. The number of carbonyl (C=O) groups excluding carboxylic acids is 1. The molecule has 0 bridgehead atoms. The number of nitrogens with one attached hydrogen (secondary N) is 1. The molecule has 1 aliphatic rings. The number of ether oxygens (including phenoxy) is 1. The molecule has 6 heteroatoms. The molecule has 0 unspecified atom stereocenters. The van der Waals surface area contributed by atoms with Gasteiger partial charge in [-0.2, -0.15) is 0 Å². The molecule has 5 nitrogen and oxygen atoms in total. The Kier molecular flexibility index (Phi) is 6.87. The summed E-state index contributed by atoms with van der Waals surface area (Å²) in [4.78, 5) is 15.0. The van der Waals surface area contributed by atoms with E-state index in [0.29, 0.717) is 19.0 Å². The van der Waals surface area contributed by atoms with Gasteiger partial charge in [0, 0.05) is 18.7 Å². The van der Waals surface area contributed by atoms with Crippen molar-refractivity contribution in [1.29, 1.82) is 0 Å². The standard InChI is InChI=1S/C22H38N2O3Si/c1-20(2,3)17-14-22(27-28(7)8,16-23-18-12-10-9-11-13-18)24(15-17)19(25)26-21(4,5)6/h9-13,17,23,28H,14-16H2,1-8H3/t17-,22-/m0/s1. The number of likely N-dealkylation sites (tertiary alicyclic amines) is 1. The van der Waals surface area contributed by atoms with E-state index in [0.717, 1.165) is 12.1 Å². The van der Waals surface area contributed by atoms with E-state index in [-0.39, 0.29) is 11.5 Å². The fourth-order valence-electron chi connectivity index (χ4n) is 3.64. The smallest absolute Gasteiger partial charge is 0.412 e. The maximum absolute atomic E-state index is 13.2. The van der Waals surface area contributed by atoms with E-state index in [1.165, 1.54) is 0 Å². The molecule has 1 N–H and O–H groups in total. The third-order valence-electron chi connectivity index (χ3n) is 5.10. The van der Waals surface area contributed by atoms with Gasteiger partial charge in [-0.15, -0.1) is 0 Å². The Morgan fingerprint density at radius 3 is 2.29 bits per heavy atom. The largest absolute Gasteiger partial charge is 0.444 e. The van der Waals surface area contributed by atoms with Crippen LogP contribution in [0, 0.1) is 11.3 Å². The van der Waals surface area contributed by atoms with Crippen LogP contribution >= 0.6 is 0 Å². The van der Waals surface area contributed by atoms with Crippen LogP contribution in [0.4, 0.5) is 10.5 Å². The molecule has 0 aromatic heterocycles. The monoisotopic (exact) mass is 406 g/mol. The van der Waals surface area contributed by atoms with Crippen molar-refractivity contribution in [3.05, 3.63) is 30.3 Å². The molecule has 1 aromatic carbocycles. The molecule has 2 atom stereocenters. The van der Waals surface area contributed by atoms with Crippen molar-refractivity contribution in [2.75, 3.05) is 18.4 Å². The van der Waals surface area contributed by atoms with Gasteiger partial charge in [-0.05, 0) is 57.3 Å². The van der Waals surface area contributed by atoms with Crippen molar-refractivity contribution in [2.45, 2.75) is 72.4 Å². The molecule has 158 valence electrons. The number of hydrogen-bond donors (Lipinski definition) is 1. The van der Waals surface area contributed by atoms with E-state index in [4.69, 9.17) is 9.16 Å². The highest BCUT2D eigenvalue weighted by molar-refractivity contribution is 6.48. The minimum absolute atomic E-state index is 0.0800. The lowest BCUT2D eigenvalue weighted by Crippen LogP contribution is -2.56. The molecule has 1 heterocycles. The first-order chi connectivity index (χ1) is 12.8. The van der Waals surface area contributed by atoms with Crippen molar-refractivity contribution in [2.24, 2.45) is 11.3 Å². The third-order valence-corrected chi connectivity index (χ3v) is 6.01. The van der Waals surface area contributed by atoms with E-state index in [1.54, 1.807) is 0 Å². The number of anilines is 1. The summed E-state index contributed by atoms with van der Waals surface area (Å²) in [5.74, 6) is 0.338. The molecular formula is C22H38N2O3Si. The first-order valence-electron chi connectivity index (χ1n) is 10.3. The van der Waals surface area contributed by atoms with Crippen LogP contribution in [0.5, 0.6) is 0 Å². The van der Waals surface area contributed by atoms with Gasteiger partial charge in [0.15, 0.2) is 14.8 Å². The van der Waals surface area contributed by atoms with Crippen molar-refractivity contribution in [1.82, 2.24) is 4.90 Å². The molecule has 2 rings (SSSR count). The zero-order valence-corrected chi connectivity index (χ0v) is 20.0. The Morgan fingerprint density at radius 1 is 1.18 bits per heavy atom. The minimum atomic E-state index is -1.42. The van der Waals surface area contributed by atoms with E-state index in [1.807, 2.05) is 56.0 Å². The highest BCUT2D eigenvalue weighted by Crippen LogP contribution is 2.44. The number of amides is 1. The van der Waals surface area contributed by atoms with Gasteiger partial charge in [0.2, 0.25) is 0 Å². The van der Waals surface area contributed by atoms with Crippen molar-refractivity contribution >= 4 is 20.8 Å². The lowest BCUT2D eigenvalue weighted by molar-refractivity contribution is -0.0597. The van der Waals surface area contributed by atoms with Crippen molar-refractivity contribution in [3.63, 3.8) is 0 Å². The second-order valence-electron chi connectivity index (χ2n) is 10.2. The number of benzene rings is 1. The fraction of sp³-hybridized carbons (Fsp3) is 0.682. The van der Waals surface area contributed by atoms with Crippen LogP contribution < -0.4 is 5.32 Å². The Bertz CT molecular complexity index is 652. The second-order valence-corrected chi connectivity index (χ2v) is 12.5. The van der Waals surface area contributed by atoms with E-state index < -0.39 is 20.4 Å². The van der Waals surface area contributed by atoms with Gasteiger partial charge in [0.1, 0.15) is 5.60 Å². The third kappa shape index (κ3) is 5.98. The Labute approximate surface area is 172 Å². The molecule has 0 aliphatic carbocycles. The summed E-state index contributed by atoms with van der Waals surface area (Å²) in [6.07, 6.45) is 0.518. The molecule has 1 aliphatic heterocycles. The summed E-state index contributed by atoms with van der Waals surface area (Å²) in [5.41, 5.74) is -0.114. The summed E-state index contributed by atoms with van der Waals surface area (Å²) in [6, 6.07) is 10.1. The number of nitrogens with zero attached hydrogens (tertiary/aromatic N) is 1. The minimum Gasteiger partial charge on any atom is -0.444 e. The van der Waals surface area contributed by atoms with Gasteiger partial charge >= 0.3 is 6.09 Å². The van der Waals surface area contributed by atoms with Crippen LogP contribution in [-0.2, 0) is 9.16 Å². The predicted molar refractivity (Wildman–Crippen MR) is 118 cm³/mol. The fourth-order valence-corrected chi connectivity index (χ4v) is 4.82. The molecule has 28 heavy (non-hydrogen) atoms. The molecule has 1 fully saturated rings. The molecule has 0 saturated carbocycles. The quantitative estimate of drug-likeness (QED) is 0.691. The molecule has 0 radical (unpaired) electrons. The van der Waals surface area contributed by atoms with Crippen LogP contribution in [0.25, 0.3) is 0 Å². The summed E-state index contributed by atoms with van der Waals surface area (Å²) in [5, 5.41) is 3.50. The lowest BCUT2D eigenvalue weighted by atomic mass is 9.79. The number of para-hydroxylation sites is 1. The molecular weight excluding hydrogens is 368 g/mol. The van der Waals surface area contributed by atoms with E-state index >= 15 is 0 Å². The average Bonchev–Trinajstić information content (AvgIpc) is 2.92. The average molecular weight is 407 g/mol. The summed E-state index contributed by atoms with van der Waals surface area (Å²) in [7, 11) is -1.42. The maximum atomic E-state index is 13.2. The predicted octanol–water partition coefficient (Wildman–Crippen LogP) is 5.10. The van der Waals surface area contributed by atoms with Gasteiger partial charge in [0.25, 0.3) is 0 Å². The summed E-state index contributed by atoms with van der Waals surface area (Å²) < 4.78 is 12.4. The zero-order chi connectivity index (χ0) is 21.2. The number of hydrogen-bond acceptors (Lipinski definition) is 4. The topological polar surface area (TPSA) is 50.8 Å². The SMILES string of the molecule is C[SiH](C)O[C@]1(CNc2ccccc2)C[C@H](C(C)(C)C)CN1C(=O)OC(C)(C)C.